The number of rotatable bonds is 5. The molecule has 2 aromatic heterocycles. The monoisotopic (exact) mass is 333 g/mol. The standard InChI is InChI=1S/C12H16ClN3O2S2/c1-8-9(2)15-16(10(8)3)7-6-14-20(17,18)12-5-4-11(13)19-12/h4-5,14H,6-7H2,1-3H3. The van der Waals surface area contributed by atoms with E-state index in [4.69, 9.17) is 11.6 Å². The third kappa shape index (κ3) is 3.22. The fourth-order valence-corrected chi connectivity index (χ4v) is 4.35. The summed E-state index contributed by atoms with van der Waals surface area (Å²) in [5.41, 5.74) is 3.16. The Balaban J connectivity index is 2.01. The molecule has 2 rings (SSSR count). The molecule has 0 unspecified atom stereocenters. The highest BCUT2D eigenvalue weighted by Gasteiger charge is 2.16. The van der Waals surface area contributed by atoms with Crippen LogP contribution in [0, 0.1) is 20.8 Å². The van der Waals surface area contributed by atoms with Gasteiger partial charge >= 0.3 is 0 Å². The zero-order chi connectivity index (χ0) is 14.9. The molecule has 110 valence electrons. The van der Waals surface area contributed by atoms with Crippen LogP contribution < -0.4 is 4.72 Å². The van der Waals surface area contributed by atoms with E-state index < -0.39 is 10.0 Å². The van der Waals surface area contributed by atoms with Crippen LogP contribution in [0.4, 0.5) is 0 Å². The zero-order valence-electron chi connectivity index (χ0n) is 11.5. The van der Waals surface area contributed by atoms with Gasteiger partial charge in [-0.05, 0) is 38.5 Å². The van der Waals surface area contributed by atoms with Gasteiger partial charge in [0.05, 0.1) is 16.6 Å². The number of nitrogens with zero attached hydrogens (tertiary/aromatic N) is 2. The summed E-state index contributed by atoms with van der Waals surface area (Å²) in [6, 6.07) is 3.08. The van der Waals surface area contributed by atoms with Gasteiger partial charge in [-0.3, -0.25) is 4.68 Å². The molecular weight excluding hydrogens is 318 g/mol. The topological polar surface area (TPSA) is 64.0 Å². The van der Waals surface area contributed by atoms with E-state index in [0.29, 0.717) is 17.4 Å². The van der Waals surface area contributed by atoms with Crippen molar-refractivity contribution in [3.05, 3.63) is 33.4 Å². The number of sulfonamides is 1. The van der Waals surface area contributed by atoms with Crippen LogP contribution in [-0.4, -0.2) is 24.7 Å². The van der Waals surface area contributed by atoms with Gasteiger partial charge in [0.15, 0.2) is 0 Å². The van der Waals surface area contributed by atoms with Crippen molar-refractivity contribution in [3.63, 3.8) is 0 Å². The predicted molar refractivity (Wildman–Crippen MR) is 81.0 cm³/mol. The molecular formula is C12H16ClN3O2S2. The van der Waals surface area contributed by atoms with Crippen LogP contribution in [-0.2, 0) is 16.6 Å². The van der Waals surface area contributed by atoms with Gasteiger partial charge in [-0.25, -0.2) is 13.1 Å². The predicted octanol–water partition coefficient (Wildman–Crippen LogP) is 2.50. The first-order valence-corrected chi connectivity index (χ1v) is 8.74. The van der Waals surface area contributed by atoms with E-state index in [1.165, 1.54) is 6.07 Å². The van der Waals surface area contributed by atoms with Gasteiger partial charge in [0.2, 0.25) is 10.0 Å². The van der Waals surface area contributed by atoms with Crippen LogP contribution in [0.2, 0.25) is 4.34 Å². The summed E-state index contributed by atoms with van der Waals surface area (Å²) < 4.78 is 29.1. The molecule has 0 atom stereocenters. The van der Waals surface area contributed by atoms with Gasteiger partial charge in [0.25, 0.3) is 0 Å². The maximum Gasteiger partial charge on any atom is 0.250 e. The van der Waals surface area contributed by atoms with E-state index in [9.17, 15) is 8.42 Å². The normalized spacial score (nSPS) is 12.0. The lowest BCUT2D eigenvalue weighted by Crippen LogP contribution is -2.27. The zero-order valence-corrected chi connectivity index (χ0v) is 13.9. The molecule has 0 aliphatic carbocycles. The van der Waals surface area contributed by atoms with E-state index in [0.717, 1.165) is 28.3 Å². The first-order valence-electron chi connectivity index (χ1n) is 6.07. The molecule has 0 spiro atoms. The van der Waals surface area contributed by atoms with Crippen molar-refractivity contribution < 1.29 is 8.42 Å². The lowest BCUT2D eigenvalue weighted by Gasteiger charge is -2.06. The lowest BCUT2D eigenvalue weighted by molar-refractivity contribution is 0.555. The summed E-state index contributed by atoms with van der Waals surface area (Å²) in [6.45, 7) is 6.71. The maximum absolute atomic E-state index is 12.0. The van der Waals surface area contributed by atoms with Gasteiger partial charge in [0.1, 0.15) is 4.21 Å². The summed E-state index contributed by atoms with van der Waals surface area (Å²) in [5.74, 6) is 0. The van der Waals surface area contributed by atoms with Gasteiger partial charge in [-0.15, -0.1) is 11.3 Å². The molecule has 2 heterocycles. The Morgan fingerprint density at radius 2 is 2.05 bits per heavy atom. The minimum atomic E-state index is -3.48. The smallest absolute Gasteiger partial charge is 0.250 e. The maximum atomic E-state index is 12.0. The Morgan fingerprint density at radius 3 is 2.55 bits per heavy atom. The first kappa shape index (κ1) is 15.5. The first-order chi connectivity index (χ1) is 9.31. The largest absolute Gasteiger partial charge is 0.268 e. The molecule has 0 bridgehead atoms. The van der Waals surface area contributed by atoms with E-state index >= 15 is 0 Å². The number of nitrogens with one attached hydrogen (secondary N) is 1. The number of aromatic nitrogens is 2. The minimum absolute atomic E-state index is 0.229. The Labute approximate surface area is 127 Å². The molecule has 2 aromatic rings. The lowest BCUT2D eigenvalue weighted by atomic mass is 10.2. The molecule has 1 N–H and O–H groups in total. The second-order valence-corrected chi connectivity index (χ2v) is 8.18. The van der Waals surface area contributed by atoms with Gasteiger partial charge in [-0.1, -0.05) is 11.6 Å². The molecule has 8 heteroatoms. The van der Waals surface area contributed by atoms with E-state index in [2.05, 4.69) is 9.82 Å². The molecule has 0 aromatic carbocycles. The Hall–Kier alpha value is -0.890. The van der Waals surface area contributed by atoms with E-state index in [1.54, 1.807) is 6.07 Å². The third-order valence-corrected chi connectivity index (χ3v) is 6.36. The van der Waals surface area contributed by atoms with Crippen LogP contribution in [0.1, 0.15) is 17.0 Å². The van der Waals surface area contributed by atoms with Gasteiger partial charge in [0, 0.05) is 12.2 Å². The quantitative estimate of drug-likeness (QED) is 0.914. The average molecular weight is 334 g/mol. The fourth-order valence-electron chi connectivity index (χ4n) is 1.80. The van der Waals surface area contributed by atoms with Crippen LogP contribution in [0.3, 0.4) is 0 Å². The second kappa shape index (κ2) is 5.85. The highest BCUT2D eigenvalue weighted by atomic mass is 35.5. The molecule has 0 aliphatic heterocycles. The fraction of sp³-hybridized carbons (Fsp3) is 0.417. The molecule has 20 heavy (non-hydrogen) atoms. The second-order valence-electron chi connectivity index (χ2n) is 4.48. The Morgan fingerprint density at radius 1 is 1.35 bits per heavy atom. The number of halogens is 1. The number of hydrogen-bond acceptors (Lipinski definition) is 4. The SMILES string of the molecule is Cc1nn(CCNS(=O)(=O)c2ccc(Cl)s2)c(C)c1C. The number of thiophene rings is 1. The molecule has 0 amide bonds. The van der Waals surface area contributed by atoms with Crippen LogP contribution in [0.5, 0.6) is 0 Å². The highest BCUT2D eigenvalue weighted by molar-refractivity contribution is 7.91. The third-order valence-electron chi connectivity index (χ3n) is 3.17. The van der Waals surface area contributed by atoms with Gasteiger partial charge < -0.3 is 0 Å². The van der Waals surface area contributed by atoms with E-state index in [-0.39, 0.29) is 4.21 Å². The molecule has 0 aliphatic rings. The highest BCUT2D eigenvalue weighted by Crippen LogP contribution is 2.25. The molecule has 5 nitrogen and oxygen atoms in total. The van der Waals surface area contributed by atoms with Crippen molar-refractivity contribution >= 4 is 33.0 Å². The number of aryl methyl sites for hydroxylation is 1. The summed E-state index contributed by atoms with van der Waals surface area (Å²) in [4.78, 5) is 0. The summed E-state index contributed by atoms with van der Waals surface area (Å²) in [6.07, 6.45) is 0. The summed E-state index contributed by atoms with van der Waals surface area (Å²) in [5, 5.41) is 4.37. The molecule has 0 fully saturated rings. The van der Waals surface area contributed by atoms with Crippen LogP contribution >= 0.6 is 22.9 Å². The summed E-state index contributed by atoms with van der Waals surface area (Å²) in [7, 11) is -3.48. The number of hydrogen-bond donors (Lipinski definition) is 1. The van der Waals surface area contributed by atoms with E-state index in [1.807, 2.05) is 25.5 Å². The van der Waals surface area contributed by atoms with Crippen LogP contribution in [0.25, 0.3) is 0 Å². The van der Waals surface area contributed by atoms with Crippen molar-refractivity contribution in [2.24, 2.45) is 0 Å². The van der Waals surface area contributed by atoms with Gasteiger partial charge in [-0.2, -0.15) is 5.10 Å². The van der Waals surface area contributed by atoms with Crippen molar-refractivity contribution in [1.82, 2.24) is 14.5 Å². The molecule has 0 saturated heterocycles. The average Bonchev–Trinajstić information content (AvgIpc) is 2.91. The van der Waals surface area contributed by atoms with Crippen molar-refractivity contribution in [1.29, 1.82) is 0 Å². The van der Waals surface area contributed by atoms with Crippen LogP contribution in [0.15, 0.2) is 16.3 Å². The molecule has 0 saturated carbocycles. The van der Waals surface area contributed by atoms with Crippen molar-refractivity contribution in [3.8, 4) is 0 Å². The van der Waals surface area contributed by atoms with Crippen molar-refractivity contribution in [2.75, 3.05) is 6.54 Å². The molecule has 0 radical (unpaired) electrons. The summed E-state index contributed by atoms with van der Waals surface area (Å²) >= 11 is 6.79. The Bertz CT molecular complexity index is 719. The minimum Gasteiger partial charge on any atom is -0.268 e. The van der Waals surface area contributed by atoms with Crippen molar-refractivity contribution in [2.45, 2.75) is 31.5 Å². The Kier molecular flexibility index (Phi) is 4.53.